The average Bonchev–Trinajstić information content (AvgIpc) is 2.67. The number of likely N-dealkylation sites (tertiary alicyclic amines) is 1. The van der Waals surface area contributed by atoms with Crippen LogP contribution in [0.15, 0.2) is 48.5 Å². The van der Waals surface area contributed by atoms with Crippen molar-refractivity contribution < 1.29 is 9.53 Å². The summed E-state index contributed by atoms with van der Waals surface area (Å²) in [4.78, 5) is 14.1. The van der Waals surface area contributed by atoms with E-state index in [9.17, 15) is 4.79 Å². The largest absolute Gasteiger partial charge is 0.484 e. The molecule has 0 saturated carbocycles. The van der Waals surface area contributed by atoms with Crippen LogP contribution in [0.25, 0.3) is 11.1 Å². The second kappa shape index (κ2) is 7.85. The number of hydrogen-bond donors (Lipinski definition) is 0. The first-order chi connectivity index (χ1) is 12.2. The number of nitrogens with zero attached hydrogens (tertiary/aromatic N) is 2. The van der Waals surface area contributed by atoms with Gasteiger partial charge in [0.05, 0.1) is 11.6 Å². The van der Waals surface area contributed by atoms with Gasteiger partial charge in [-0.05, 0) is 54.2 Å². The lowest BCUT2D eigenvalue weighted by molar-refractivity contribution is -0.134. The van der Waals surface area contributed by atoms with E-state index in [2.05, 4.69) is 13.0 Å². The number of ether oxygens (including phenoxy) is 1. The van der Waals surface area contributed by atoms with Gasteiger partial charge in [0, 0.05) is 13.1 Å². The molecule has 1 fully saturated rings. The molecule has 4 heteroatoms. The lowest BCUT2D eigenvalue weighted by Gasteiger charge is -2.30. The first kappa shape index (κ1) is 17.0. The van der Waals surface area contributed by atoms with Crippen LogP contribution in [0.4, 0.5) is 0 Å². The molecule has 1 aliphatic heterocycles. The van der Waals surface area contributed by atoms with Gasteiger partial charge in [0.25, 0.3) is 5.91 Å². The summed E-state index contributed by atoms with van der Waals surface area (Å²) in [7, 11) is 0. The highest BCUT2D eigenvalue weighted by Gasteiger charge is 2.20. The summed E-state index contributed by atoms with van der Waals surface area (Å²) < 4.78 is 5.64. The Kier molecular flexibility index (Phi) is 5.35. The van der Waals surface area contributed by atoms with Crippen LogP contribution in [0, 0.1) is 17.2 Å². The molecule has 1 aliphatic rings. The summed E-state index contributed by atoms with van der Waals surface area (Å²) in [5, 5.41) is 8.85. The number of carbonyl (C=O) groups is 1. The van der Waals surface area contributed by atoms with E-state index in [0.29, 0.717) is 17.2 Å². The number of piperidine rings is 1. The van der Waals surface area contributed by atoms with E-state index in [0.717, 1.165) is 37.1 Å². The number of benzene rings is 2. The van der Waals surface area contributed by atoms with Gasteiger partial charge in [0.2, 0.25) is 0 Å². The van der Waals surface area contributed by atoms with Crippen LogP contribution in [0.5, 0.6) is 5.75 Å². The van der Waals surface area contributed by atoms with Gasteiger partial charge in [0.15, 0.2) is 6.61 Å². The van der Waals surface area contributed by atoms with Gasteiger partial charge in [-0.1, -0.05) is 31.2 Å². The van der Waals surface area contributed by atoms with Crippen molar-refractivity contribution in [2.24, 2.45) is 5.92 Å². The lowest BCUT2D eigenvalue weighted by Crippen LogP contribution is -2.40. The molecule has 3 rings (SSSR count). The van der Waals surface area contributed by atoms with Crippen LogP contribution in [0.1, 0.15) is 25.3 Å². The zero-order chi connectivity index (χ0) is 17.6. The molecule has 0 unspecified atom stereocenters. The van der Waals surface area contributed by atoms with E-state index in [4.69, 9.17) is 10.00 Å². The second-order valence-corrected chi connectivity index (χ2v) is 6.57. The molecule has 25 heavy (non-hydrogen) atoms. The standard InChI is InChI=1S/C21H22N2O2/c1-16-10-12-23(13-11-16)21(24)15-25-20-8-6-19(7-9-20)18-4-2-17(14-22)3-5-18/h2-9,16H,10-13,15H2,1H3. The molecule has 0 aliphatic carbocycles. The molecule has 2 aromatic carbocycles. The Balaban J connectivity index is 1.55. The van der Waals surface area contributed by atoms with Gasteiger partial charge >= 0.3 is 0 Å². The molecule has 2 aromatic rings. The van der Waals surface area contributed by atoms with Crippen LogP contribution in [-0.4, -0.2) is 30.5 Å². The quantitative estimate of drug-likeness (QED) is 0.853. The minimum Gasteiger partial charge on any atom is -0.484 e. The van der Waals surface area contributed by atoms with E-state index in [1.165, 1.54) is 0 Å². The maximum absolute atomic E-state index is 12.2. The summed E-state index contributed by atoms with van der Waals surface area (Å²) in [6.45, 7) is 3.99. The van der Waals surface area contributed by atoms with Crippen molar-refractivity contribution in [3.05, 3.63) is 54.1 Å². The Morgan fingerprint density at radius 2 is 1.64 bits per heavy atom. The molecule has 0 atom stereocenters. The fourth-order valence-corrected chi connectivity index (χ4v) is 2.98. The molecule has 128 valence electrons. The third-order valence-electron chi connectivity index (χ3n) is 4.70. The van der Waals surface area contributed by atoms with Crippen molar-refractivity contribution in [1.82, 2.24) is 4.90 Å². The predicted molar refractivity (Wildman–Crippen MR) is 97.1 cm³/mol. The van der Waals surface area contributed by atoms with Gasteiger partial charge in [-0.25, -0.2) is 0 Å². The van der Waals surface area contributed by atoms with Crippen LogP contribution in [-0.2, 0) is 4.79 Å². The Bertz CT molecular complexity index is 752. The minimum absolute atomic E-state index is 0.0584. The van der Waals surface area contributed by atoms with Gasteiger partial charge in [-0.2, -0.15) is 5.26 Å². The van der Waals surface area contributed by atoms with Crippen molar-refractivity contribution in [2.45, 2.75) is 19.8 Å². The fourth-order valence-electron chi connectivity index (χ4n) is 2.98. The highest BCUT2D eigenvalue weighted by atomic mass is 16.5. The highest BCUT2D eigenvalue weighted by molar-refractivity contribution is 5.78. The fraction of sp³-hybridized carbons (Fsp3) is 0.333. The average molecular weight is 334 g/mol. The van der Waals surface area contributed by atoms with Gasteiger partial charge in [-0.3, -0.25) is 4.79 Å². The molecule has 1 saturated heterocycles. The number of carbonyl (C=O) groups excluding carboxylic acids is 1. The van der Waals surface area contributed by atoms with Crippen molar-refractivity contribution in [1.29, 1.82) is 5.26 Å². The molecule has 0 aromatic heterocycles. The minimum atomic E-state index is 0.0584. The van der Waals surface area contributed by atoms with E-state index in [1.54, 1.807) is 12.1 Å². The molecule has 1 heterocycles. The number of nitriles is 1. The summed E-state index contributed by atoms with van der Waals surface area (Å²) in [5.74, 6) is 1.46. The van der Waals surface area contributed by atoms with Crippen LogP contribution >= 0.6 is 0 Å². The summed E-state index contributed by atoms with van der Waals surface area (Å²) in [6.07, 6.45) is 2.15. The first-order valence-electron chi connectivity index (χ1n) is 8.67. The van der Waals surface area contributed by atoms with Crippen LogP contribution in [0.2, 0.25) is 0 Å². The van der Waals surface area contributed by atoms with E-state index >= 15 is 0 Å². The molecule has 1 amide bonds. The normalized spacial score (nSPS) is 14.8. The van der Waals surface area contributed by atoms with Gasteiger partial charge in [-0.15, -0.1) is 0 Å². The maximum Gasteiger partial charge on any atom is 0.260 e. The SMILES string of the molecule is CC1CCN(C(=O)COc2ccc(-c3ccc(C#N)cc3)cc2)CC1. The highest BCUT2D eigenvalue weighted by Crippen LogP contribution is 2.23. The van der Waals surface area contributed by atoms with E-state index in [1.807, 2.05) is 41.3 Å². The molecule has 4 nitrogen and oxygen atoms in total. The van der Waals surface area contributed by atoms with Crippen LogP contribution < -0.4 is 4.74 Å². The number of rotatable bonds is 4. The first-order valence-corrected chi connectivity index (χ1v) is 8.67. The molecular weight excluding hydrogens is 312 g/mol. The smallest absolute Gasteiger partial charge is 0.260 e. The summed E-state index contributed by atoms with van der Waals surface area (Å²) in [6, 6.07) is 17.2. The van der Waals surface area contributed by atoms with Gasteiger partial charge in [0.1, 0.15) is 5.75 Å². The topological polar surface area (TPSA) is 53.3 Å². The Morgan fingerprint density at radius 1 is 1.08 bits per heavy atom. The molecule has 0 bridgehead atoms. The van der Waals surface area contributed by atoms with Crippen molar-refractivity contribution in [3.8, 4) is 22.9 Å². The van der Waals surface area contributed by atoms with E-state index in [-0.39, 0.29) is 12.5 Å². The van der Waals surface area contributed by atoms with Crippen molar-refractivity contribution in [3.63, 3.8) is 0 Å². The molecular formula is C21H22N2O2. The number of hydrogen-bond acceptors (Lipinski definition) is 3. The van der Waals surface area contributed by atoms with Crippen molar-refractivity contribution >= 4 is 5.91 Å². The summed E-state index contributed by atoms with van der Waals surface area (Å²) >= 11 is 0. The monoisotopic (exact) mass is 334 g/mol. The Morgan fingerprint density at radius 3 is 2.20 bits per heavy atom. The number of amides is 1. The zero-order valence-electron chi connectivity index (χ0n) is 14.4. The summed E-state index contributed by atoms with van der Waals surface area (Å²) in [5.41, 5.74) is 2.74. The maximum atomic E-state index is 12.2. The molecule has 0 spiro atoms. The molecule has 0 N–H and O–H groups in total. The lowest BCUT2D eigenvalue weighted by atomic mass is 9.99. The van der Waals surface area contributed by atoms with Crippen molar-refractivity contribution in [2.75, 3.05) is 19.7 Å². The van der Waals surface area contributed by atoms with Gasteiger partial charge < -0.3 is 9.64 Å². The second-order valence-electron chi connectivity index (χ2n) is 6.57. The predicted octanol–water partition coefficient (Wildman–Crippen LogP) is 3.86. The zero-order valence-corrected chi connectivity index (χ0v) is 14.4. The Labute approximate surface area is 148 Å². The van der Waals surface area contributed by atoms with Crippen LogP contribution in [0.3, 0.4) is 0 Å². The van der Waals surface area contributed by atoms with E-state index < -0.39 is 0 Å². The third-order valence-corrected chi connectivity index (χ3v) is 4.70. The molecule has 0 radical (unpaired) electrons. The Hall–Kier alpha value is -2.80. The third kappa shape index (κ3) is 4.39.